The van der Waals surface area contributed by atoms with E-state index in [1.54, 1.807) is 24.1 Å². The van der Waals surface area contributed by atoms with Crippen molar-refractivity contribution in [2.45, 2.75) is 50.2 Å². The highest BCUT2D eigenvalue weighted by atomic mass is 16.5. The largest absolute Gasteiger partial charge is 0.497 e. The van der Waals surface area contributed by atoms with Gasteiger partial charge in [0.2, 0.25) is 0 Å². The number of carbonyl (C=O) groups is 3. The van der Waals surface area contributed by atoms with E-state index in [2.05, 4.69) is 16.0 Å². The van der Waals surface area contributed by atoms with E-state index in [9.17, 15) is 14.4 Å². The second-order valence-electron chi connectivity index (χ2n) is 7.89. The molecular weight excluding hydrogens is 360 g/mol. The van der Waals surface area contributed by atoms with E-state index >= 15 is 0 Å². The molecule has 1 atom stereocenters. The Morgan fingerprint density at radius 2 is 2.00 bits per heavy atom. The third-order valence-electron chi connectivity index (χ3n) is 5.96. The van der Waals surface area contributed by atoms with Crippen LogP contribution in [0.15, 0.2) is 18.2 Å². The van der Waals surface area contributed by atoms with Crippen molar-refractivity contribution < 1.29 is 19.1 Å². The number of benzene rings is 1. The number of hydrogen-bond donors (Lipinski definition) is 3. The summed E-state index contributed by atoms with van der Waals surface area (Å²) in [5.74, 6) is 0.166. The SMILES string of the molecule is COc1ccc2c(c1)CN(CC1(CNC3CCCCC3)NC(=O)NC1=O)C2=O. The first-order valence-corrected chi connectivity index (χ1v) is 9.84. The minimum atomic E-state index is -1.16. The predicted molar refractivity (Wildman–Crippen MR) is 102 cm³/mol. The van der Waals surface area contributed by atoms with E-state index in [1.807, 2.05) is 6.07 Å². The molecule has 3 N–H and O–H groups in total. The van der Waals surface area contributed by atoms with E-state index in [4.69, 9.17) is 4.74 Å². The molecule has 1 saturated heterocycles. The molecule has 2 fully saturated rings. The van der Waals surface area contributed by atoms with Crippen LogP contribution in [0.3, 0.4) is 0 Å². The van der Waals surface area contributed by atoms with Crippen LogP contribution in [0.25, 0.3) is 0 Å². The minimum Gasteiger partial charge on any atom is -0.497 e. The number of amides is 4. The Hall–Kier alpha value is -2.61. The van der Waals surface area contributed by atoms with E-state index in [1.165, 1.54) is 19.3 Å². The highest BCUT2D eigenvalue weighted by Gasteiger charge is 2.49. The molecule has 2 heterocycles. The molecule has 3 aliphatic rings. The van der Waals surface area contributed by atoms with Gasteiger partial charge in [0.05, 0.1) is 13.7 Å². The Morgan fingerprint density at radius 1 is 1.21 bits per heavy atom. The summed E-state index contributed by atoms with van der Waals surface area (Å²) in [6.45, 7) is 0.818. The topological polar surface area (TPSA) is 99.8 Å². The second-order valence-corrected chi connectivity index (χ2v) is 7.89. The molecule has 1 aromatic carbocycles. The third kappa shape index (κ3) is 3.44. The average Bonchev–Trinajstić information content (AvgIpc) is 3.16. The molecule has 1 aromatic rings. The first-order chi connectivity index (χ1) is 13.5. The van der Waals surface area contributed by atoms with Gasteiger partial charge in [-0.15, -0.1) is 0 Å². The zero-order chi connectivity index (χ0) is 19.7. The van der Waals surface area contributed by atoms with Crippen LogP contribution < -0.4 is 20.7 Å². The van der Waals surface area contributed by atoms with Crippen LogP contribution in [-0.2, 0) is 11.3 Å². The molecule has 8 nitrogen and oxygen atoms in total. The maximum atomic E-state index is 12.8. The van der Waals surface area contributed by atoms with Crippen molar-refractivity contribution in [1.82, 2.24) is 20.9 Å². The van der Waals surface area contributed by atoms with Crippen LogP contribution in [0.1, 0.15) is 48.0 Å². The molecule has 150 valence electrons. The van der Waals surface area contributed by atoms with Gasteiger partial charge in [-0.2, -0.15) is 0 Å². The molecule has 4 rings (SSSR count). The molecule has 0 aromatic heterocycles. The summed E-state index contributed by atoms with van der Waals surface area (Å²) < 4.78 is 5.24. The van der Waals surface area contributed by atoms with Gasteiger partial charge < -0.3 is 20.3 Å². The Morgan fingerprint density at radius 3 is 2.68 bits per heavy atom. The first-order valence-electron chi connectivity index (χ1n) is 9.84. The average molecular weight is 386 g/mol. The Kier molecular flexibility index (Phi) is 4.97. The number of imide groups is 1. The highest BCUT2D eigenvalue weighted by Crippen LogP contribution is 2.28. The lowest BCUT2D eigenvalue weighted by Gasteiger charge is -2.33. The van der Waals surface area contributed by atoms with Gasteiger partial charge >= 0.3 is 6.03 Å². The van der Waals surface area contributed by atoms with Gasteiger partial charge in [-0.25, -0.2) is 4.79 Å². The lowest BCUT2D eigenvalue weighted by Crippen LogP contribution is -2.61. The number of ether oxygens (including phenoxy) is 1. The monoisotopic (exact) mass is 386 g/mol. The second kappa shape index (κ2) is 7.43. The summed E-state index contributed by atoms with van der Waals surface area (Å²) in [4.78, 5) is 39.0. The summed E-state index contributed by atoms with van der Waals surface area (Å²) in [7, 11) is 1.58. The molecule has 28 heavy (non-hydrogen) atoms. The molecule has 2 aliphatic heterocycles. The molecule has 1 aliphatic carbocycles. The van der Waals surface area contributed by atoms with Crippen LogP contribution in [0.2, 0.25) is 0 Å². The Labute approximate surface area is 164 Å². The van der Waals surface area contributed by atoms with Crippen molar-refractivity contribution in [2.75, 3.05) is 20.2 Å². The van der Waals surface area contributed by atoms with Gasteiger partial charge in [0.25, 0.3) is 11.8 Å². The molecule has 1 unspecified atom stereocenters. The molecule has 1 saturated carbocycles. The van der Waals surface area contributed by atoms with E-state index in [0.29, 0.717) is 30.4 Å². The van der Waals surface area contributed by atoms with Crippen molar-refractivity contribution in [3.8, 4) is 5.75 Å². The fraction of sp³-hybridized carbons (Fsp3) is 0.550. The quantitative estimate of drug-likeness (QED) is 0.637. The number of methoxy groups -OCH3 is 1. The summed E-state index contributed by atoms with van der Waals surface area (Å²) in [6.07, 6.45) is 5.72. The van der Waals surface area contributed by atoms with Gasteiger partial charge in [-0.1, -0.05) is 19.3 Å². The number of rotatable bonds is 6. The standard InChI is InChI=1S/C20H26N4O4/c1-28-15-7-8-16-13(9-15)10-24(17(16)25)12-20(18(26)22-19(27)23-20)11-21-14-5-3-2-4-6-14/h7-9,14,21H,2-6,10-12H2,1H3,(H2,22,23,26,27). The van der Waals surface area contributed by atoms with Gasteiger partial charge in [0.1, 0.15) is 5.75 Å². The number of nitrogens with one attached hydrogen (secondary N) is 3. The van der Waals surface area contributed by atoms with E-state index in [0.717, 1.165) is 18.4 Å². The molecule has 0 spiro atoms. The maximum absolute atomic E-state index is 12.8. The summed E-state index contributed by atoms with van der Waals surface area (Å²) in [5.41, 5.74) is 0.321. The van der Waals surface area contributed by atoms with Gasteiger partial charge in [-0.05, 0) is 36.6 Å². The van der Waals surface area contributed by atoms with Crippen molar-refractivity contribution in [2.24, 2.45) is 0 Å². The van der Waals surface area contributed by atoms with Crippen LogP contribution in [0.4, 0.5) is 4.79 Å². The predicted octanol–water partition coefficient (Wildman–Crippen LogP) is 1.15. The van der Waals surface area contributed by atoms with Crippen molar-refractivity contribution >= 4 is 17.8 Å². The fourth-order valence-corrected chi connectivity index (χ4v) is 4.38. The van der Waals surface area contributed by atoms with Crippen molar-refractivity contribution in [3.05, 3.63) is 29.3 Å². The highest BCUT2D eigenvalue weighted by molar-refractivity contribution is 6.08. The number of nitrogens with zero attached hydrogens (tertiary/aromatic N) is 1. The fourth-order valence-electron chi connectivity index (χ4n) is 4.38. The molecule has 0 radical (unpaired) electrons. The van der Waals surface area contributed by atoms with Crippen LogP contribution in [0.5, 0.6) is 5.75 Å². The molecular formula is C20H26N4O4. The molecule has 4 amide bonds. The summed E-state index contributed by atoms with van der Waals surface area (Å²) in [5, 5.41) is 8.56. The van der Waals surface area contributed by atoms with Crippen LogP contribution in [0, 0.1) is 0 Å². The summed E-state index contributed by atoms with van der Waals surface area (Å²) >= 11 is 0. The lowest BCUT2D eigenvalue weighted by atomic mass is 9.93. The number of urea groups is 1. The maximum Gasteiger partial charge on any atom is 0.322 e. The smallest absolute Gasteiger partial charge is 0.322 e. The molecule has 8 heteroatoms. The van der Waals surface area contributed by atoms with E-state index in [-0.39, 0.29) is 18.4 Å². The zero-order valence-electron chi connectivity index (χ0n) is 16.0. The van der Waals surface area contributed by atoms with Crippen molar-refractivity contribution in [1.29, 1.82) is 0 Å². The first kappa shape index (κ1) is 18.7. The van der Waals surface area contributed by atoms with Gasteiger partial charge in [0, 0.05) is 24.7 Å². The molecule has 0 bridgehead atoms. The van der Waals surface area contributed by atoms with Gasteiger partial charge in [0.15, 0.2) is 5.54 Å². The Balaban J connectivity index is 1.51. The third-order valence-corrected chi connectivity index (χ3v) is 5.96. The Bertz CT molecular complexity index is 805. The zero-order valence-corrected chi connectivity index (χ0v) is 16.0. The normalized spacial score (nSPS) is 24.9. The van der Waals surface area contributed by atoms with Gasteiger partial charge in [-0.3, -0.25) is 14.9 Å². The van der Waals surface area contributed by atoms with Crippen molar-refractivity contribution in [3.63, 3.8) is 0 Å². The van der Waals surface area contributed by atoms with Crippen LogP contribution >= 0.6 is 0 Å². The minimum absolute atomic E-state index is 0.125. The summed E-state index contributed by atoms with van der Waals surface area (Å²) in [6, 6.07) is 5.17. The number of carbonyl (C=O) groups excluding carboxylic acids is 3. The van der Waals surface area contributed by atoms with Crippen LogP contribution in [-0.4, -0.2) is 54.5 Å². The lowest BCUT2D eigenvalue weighted by molar-refractivity contribution is -0.124. The number of hydrogen-bond acceptors (Lipinski definition) is 5. The van der Waals surface area contributed by atoms with E-state index < -0.39 is 11.6 Å². The number of fused-ring (bicyclic) bond motifs is 1.